The second-order valence-corrected chi connectivity index (χ2v) is 7.56. The minimum Gasteiger partial charge on any atom is -0.294 e. The third-order valence-corrected chi connectivity index (χ3v) is 5.85. The molecule has 3 aliphatic rings. The summed E-state index contributed by atoms with van der Waals surface area (Å²) < 4.78 is 0. The molecule has 0 N–H and O–H groups in total. The van der Waals surface area contributed by atoms with Crippen molar-refractivity contribution < 1.29 is 9.59 Å². The highest BCUT2D eigenvalue weighted by atomic mass is 32.2. The molecule has 0 amide bonds. The molecule has 0 aromatic carbocycles. The van der Waals surface area contributed by atoms with E-state index in [2.05, 4.69) is 17.1 Å². The zero-order valence-corrected chi connectivity index (χ0v) is 13.4. The van der Waals surface area contributed by atoms with Crippen molar-refractivity contribution in [1.29, 1.82) is 0 Å². The summed E-state index contributed by atoms with van der Waals surface area (Å²) in [5.41, 5.74) is 2.05. The van der Waals surface area contributed by atoms with Crippen LogP contribution in [0.4, 0.5) is 0 Å². The van der Waals surface area contributed by atoms with Gasteiger partial charge in [0.1, 0.15) is 5.03 Å². The minimum absolute atomic E-state index is 0.112. The Morgan fingerprint density at radius 2 is 1.82 bits per heavy atom. The van der Waals surface area contributed by atoms with Crippen LogP contribution in [0.5, 0.6) is 0 Å². The predicted molar refractivity (Wildman–Crippen MR) is 85.4 cm³/mol. The third-order valence-electron chi connectivity index (χ3n) is 4.90. The number of ketones is 2. The number of carbonyl (C=O) groups excluding carboxylic acids is 2. The molecule has 3 nitrogen and oxygen atoms in total. The number of Topliss-reactive ketones (excluding diaryl/α,β-unsaturated/α-hetero) is 1. The molecule has 1 heterocycles. The van der Waals surface area contributed by atoms with E-state index in [0.29, 0.717) is 4.91 Å². The second-order valence-electron chi connectivity index (χ2n) is 6.50. The van der Waals surface area contributed by atoms with Gasteiger partial charge in [-0.05, 0) is 55.9 Å². The van der Waals surface area contributed by atoms with Crippen molar-refractivity contribution in [2.45, 2.75) is 25.3 Å². The number of carbonyl (C=O) groups is 2. The first-order chi connectivity index (χ1) is 10.5. The van der Waals surface area contributed by atoms with E-state index in [1.807, 2.05) is 26.0 Å². The van der Waals surface area contributed by atoms with Crippen LogP contribution in [-0.2, 0) is 9.59 Å². The summed E-state index contributed by atoms with van der Waals surface area (Å²) in [5.74, 6) is 0.525. The van der Waals surface area contributed by atoms with Gasteiger partial charge in [-0.3, -0.25) is 9.59 Å². The number of hydrogen-bond donors (Lipinski definition) is 0. The molecule has 1 aromatic rings. The monoisotopic (exact) mass is 311 g/mol. The molecular formula is C18H17NO2S. The van der Waals surface area contributed by atoms with Crippen LogP contribution in [0.2, 0.25) is 0 Å². The van der Waals surface area contributed by atoms with E-state index < -0.39 is 0 Å². The molecule has 112 valence electrons. The Morgan fingerprint density at radius 1 is 1.09 bits per heavy atom. The quantitative estimate of drug-likeness (QED) is 0.787. The minimum atomic E-state index is -0.138. The summed E-state index contributed by atoms with van der Waals surface area (Å²) in [4.78, 5) is 30.3. The molecule has 4 heteroatoms. The van der Waals surface area contributed by atoms with E-state index in [9.17, 15) is 9.59 Å². The second kappa shape index (κ2) is 4.92. The van der Waals surface area contributed by atoms with Crippen LogP contribution in [0.3, 0.4) is 0 Å². The van der Waals surface area contributed by atoms with Crippen molar-refractivity contribution >= 4 is 23.3 Å². The Balaban J connectivity index is 1.66. The van der Waals surface area contributed by atoms with Gasteiger partial charge in [0.2, 0.25) is 0 Å². The summed E-state index contributed by atoms with van der Waals surface area (Å²) in [7, 11) is 0. The molecule has 3 aliphatic carbocycles. The van der Waals surface area contributed by atoms with Gasteiger partial charge in [0.05, 0.1) is 4.91 Å². The fraction of sp³-hybridized carbons (Fsp3) is 0.389. The Labute approximate surface area is 133 Å². The van der Waals surface area contributed by atoms with Crippen molar-refractivity contribution in [1.82, 2.24) is 4.98 Å². The Kier molecular flexibility index (Phi) is 3.12. The number of aromatic nitrogens is 1. The molecule has 1 aromatic heterocycles. The molecule has 2 bridgehead atoms. The molecule has 0 aliphatic heterocycles. The normalized spacial score (nSPS) is 32.4. The average Bonchev–Trinajstić information content (AvgIpc) is 3.04. The first-order valence-electron chi connectivity index (χ1n) is 7.64. The average molecular weight is 311 g/mol. The van der Waals surface area contributed by atoms with Crippen LogP contribution in [0.15, 0.2) is 40.3 Å². The lowest BCUT2D eigenvalue weighted by Crippen LogP contribution is -2.36. The fourth-order valence-electron chi connectivity index (χ4n) is 4.08. The van der Waals surface area contributed by atoms with Gasteiger partial charge in [-0.2, -0.15) is 0 Å². The number of hydrogen-bond acceptors (Lipinski definition) is 4. The number of allylic oxidation sites excluding steroid dienone is 4. The summed E-state index contributed by atoms with van der Waals surface area (Å²) >= 11 is 1.34. The van der Waals surface area contributed by atoms with Crippen molar-refractivity contribution in [3.8, 4) is 0 Å². The van der Waals surface area contributed by atoms with Gasteiger partial charge in [0.25, 0.3) is 0 Å². The van der Waals surface area contributed by atoms with Crippen LogP contribution in [0.1, 0.15) is 17.7 Å². The molecule has 1 fully saturated rings. The van der Waals surface area contributed by atoms with Crippen LogP contribution in [-0.4, -0.2) is 16.6 Å². The Morgan fingerprint density at radius 3 is 2.55 bits per heavy atom. The lowest BCUT2D eigenvalue weighted by Gasteiger charge is -2.29. The molecule has 1 saturated carbocycles. The van der Waals surface area contributed by atoms with Crippen molar-refractivity contribution in [2.24, 2.45) is 23.7 Å². The lowest BCUT2D eigenvalue weighted by atomic mass is 9.75. The Hall–Kier alpha value is -1.68. The molecular weight excluding hydrogens is 294 g/mol. The SMILES string of the molecule is Cc1cc(C)nc(SC2=CC(=O)C3C4C=CC(C4)C3C2=O)c1. The first-order valence-corrected chi connectivity index (χ1v) is 8.46. The van der Waals surface area contributed by atoms with E-state index in [4.69, 9.17) is 0 Å². The zero-order valence-electron chi connectivity index (χ0n) is 12.6. The van der Waals surface area contributed by atoms with E-state index in [-0.39, 0.29) is 35.2 Å². The summed E-state index contributed by atoms with van der Waals surface area (Å²) in [5, 5.41) is 0.794. The van der Waals surface area contributed by atoms with Crippen molar-refractivity contribution in [2.75, 3.05) is 0 Å². The highest BCUT2D eigenvalue weighted by Crippen LogP contribution is 2.52. The van der Waals surface area contributed by atoms with E-state index in [0.717, 1.165) is 22.7 Å². The summed E-state index contributed by atoms with van der Waals surface area (Å²) in [6.07, 6.45) is 6.76. The van der Waals surface area contributed by atoms with Crippen LogP contribution in [0.25, 0.3) is 0 Å². The number of fused-ring (bicyclic) bond motifs is 5. The topological polar surface area (TPSA) is 47.0 Å². The zero-order chi connectivity index (χ0) is 15.4. The van der Waals surface area contributed by atoms with Crippen LogP contribution >= 0.6 is 11.8 Å². The Bertz CT molecular complexity index is 729. The number of pyridine rings is 1. The lowest BCUT2D eigenvalue weighted by molar-refractivity contribution is -0.129. The summed E-state index contributed by atoms with van der Waals surface area (Å²) in [6.45, 7) is 3.95. The van der Waals surface area contributed by atoms with E-state index >= 15 is 0 Å². The highest BCUT2D eigenvalue weighted by molar-refractivity contribution is 8.04. The number of aryl methyl sites for hydroxylation is 2. The first kappa shape index (κ1) is 13.9. The molecule has 0 spiro atoms. The third kappa shape index (κ3) is 2.09. The van der Waals surface area contributed by atoms with Gasteiger partial charge in [-0.1, -0.05) is 23.9 Å². The smallest absolute Gasteiger partial charge is 0.174 e. The standard InChI is InChI=1S/C18H17NO2S/c1-9-5-10(2)19-15(6-9)22-14-8-13(20)16-11-3-4-12(7-11)17(16)18(14)21/h3-6,8,11-12,16-17H,7H2,1-2H3. The number of nitrogens with zero attached hydrogens (tertiary/aromatic N) is 1. The largest absolute Gasteiger partial charge is 0.294 e. The maximum Gasteiger partial charge on any atom is 0.174 e. The molecule has 0 saturated heterocycles. The fourth-order valence-corrected chi connectivity index (χ4v) is 5.15. The maximum atomic E-state index is 12.8. The molecule has 4 rings (SSSR count). The molecule has 0 radical (unpaired) electrons. The van der Waals surface area contributed by atoms with Crippen molar-refractivity contribution in [3.05, 3.63) is 46.5 Å². The van der Waals surface area contributed by atoms with Gasteiger partial charge in [-0.15, -0.1) is 0 Å². The van der Waals surface area contributed by atoms with Gasteiger partial charge < -0.3 is 0 Å². The predicted octanol–water partition coefficient (Wildman–Crippen LogP) is 3.26. The van der Waals surface area contributed by atoms with E-state index in [1.54, 1.807) is 6.08 Å². The summed E-state index contributed by atoms with van der Waals surface area (Å²) in [6, 6.07) is 3.96. The molecule has 4 atom stereocenters. The molecule has 4 unspecified atom stereocenters. The van der Waals surface area contributed by atoms with Gasteiger partial charge >= 0.3 is 0 Å². The van der Waals surface area contributed by atoms with Crippen molar-refractivity contribution in [3.63, 3.8) is 0 Å². The number of rotatable bonds is 2. The van der Waals surface area contributed by atoms with Crippen LogP contribution in [0, 0.1) is 37.5 Å². The van der Waals surface area contributed by atoms with E-state index in [1.165, 1.54) is 11.8 Å². The van der Waals surface area contributed by atoms with Gasteiger partial charge in [-0.25, -0.2) is 4.98 Å². The highest BCUT2D eigenvalue weighted by Gasteiger charge is 2.53. The molecule has 22 heavy (non-hydrogen) atoms. The van der Waals surface area contributed by atoms with Crippen LogP contribution < -0.4 is 0 Å². The number of thioether (sulfide) groups is 1. The maximum absolute atomic E-state index is 12.8. The van der Waals surface area contributed by atoms with Gasteiger partial charge in [0, 0.05) is 17.5 Å². The van der Waals surface area contributed by atoms with Gasteiger partial charge in [0.15, 0.2) is 11.6 Å².